The quantitative estimate of drug-likeness (QED) is 0.879. The van der Waals surface area contributed by atoms with E-state index in [1.807, 2.05) is 32.0 Å². The molecule has 0 unspecified atom stereocenters. The molecule has 0 spiro atoms. The second-order valence-electron chi connectivity index (χ2n) is 4.26. The zero-order valence-electron chi connectivity index (χ0n) is 10.7. The van der Waals surface area contributed by atoms with Gasteiger partial charge in [-0.3, -0.25) is 4.79 Å². The lowest BCUT2D eigenvalue weighted by atomic mass is 10.1. The minimum atomic E-state index is -0.215. The maximum absolute atomic E-state index is 12.0. The van der Waals surface area contributed by atoms with Gasteiger partial charge in [-0.2, -0.15) is 0 Å². The van der Waals surface area contributed by atoms with Crippen LogP contribution in [-0.4, -0.2) is 15.9 Å². The maximum Gasteiger partial charge on any atom is 0.274 e. The minimum Gasteiger partial charge on any atom is -0.320 e. The highest BCUT2D eigenvalue weighted by Gasteiger charge is 2.09. The monoisotopic (exact) mass is 241 g/mol. The van der Waals surface area contributed by atoms with Crippen molar-refractivity contribution in [3.8, 4) is 0 Å². The number of aromatic nitrogens is 2. The van der Waals surface area contributed by atoms with Gasteiger partial charge in [0, 0.05) is 11.9 Å². The number of carbonyl (C=O) groups is 1. The predicted octanol–water partition coefficient (Wildman–Crippen LogP) is 2.65. The van der Waals surface area contributed by atoms with E-state index in [-0.39, 0.29) is 5.91 Å². The first-order valence-corrected chi connectivity index (χ1v) is 5.74. The van der Waals surface area contributed by atoms with Crippen LogP contribution in [0.4, 0.5) is 5.69 Å². The zero-order chi connectivity index (χ0) is 13.1. The van der Waals surface area contributed by atoms with Crippen molar-refractivity contribution in [2.75, 3.05) is 5.32 Å². The number of aryl methyl sites for hydroxylation is 3. The summed E-state index contributed by atoms with van der Waals surface area (Å²) in [7, 11) is 0. The van der Waals surface area contributed by atoms with Crippen molar-refractivity contribution in [1.82, 2.24) is 9.97 Å². The van der Waals surface area contributed by atoms with E-state index >= 15 is 0 Å². The lowest BCUT2D eigenvalue weighted by Gasteiger charge is -2.08. The molecule has 18 heavy (non-hydrogen) atoms. The summed E-state index contributed by atoms with van der Waals surface area (Å²) in [5.74, 6) is 0.371. The van der Waals surface area contributed by atoms with Gasteiger partial charge in [0.05, 0.1) is 0 Å². The molecule has 2 rings (SSSR count). The molecule has 1 N–H and O–H groups in total. The van der Waals surface area contributed by atoms with Crippen molar-refractivity contribution in [3.05, 3.63) is 53.1 Å². The molecule has 4 nitrogen and oxygen atoms in total. The van der Waals surface area contributed by atoms with E-state index in [1.54, 1.807) is 19.2 Å². The topological polar surface area (TPSA) is 54.9 Å². The fourth-order valence-electron chi connectivity index (χ4n) is 1.72. The summed E-state index contributed by atoms with van der Waals surface area (Å²) in [6.07, 6.45) is 1.58. The van der Waals surface area contributed by atoms with Crippen LogP contribution in [0.15, 0.2) is 30.5 Å². The molecular weight excluding hydrogens is 226 g/mol. The highest BCUT2D eigenvalue weighted by molar-refractivity contribution is 6.03. The average molecular weight is 241 g/mol. The summed E-state index contributed by atoms with van der Waals surface area (Å²) in [4.78, 5) is 20.1. The van der Waals surface area contributed by atoms with Crippen molar-refractivity contribution in [2.24, 2.45) is 0 Å². The number of rotatable bonds is 2. The van der Waals surface area contributed by atoms with Crippen LogP contribution in [0.3, 0.4) is 0 Å². The van der Waals surface area contributed by atoms with Gasteiger partial charge in [-0.05, 0) is 38.5 Å². The summed E-state index contributed by atoms with van der Waals surface area (Å²) < 4.78 is 0. The molecule has 1 amide bonds. The lowest BCUT2D eigenvalue weighted by Crippen LogP contribution is -2.15. The van der Waals surface area contributed by atoms with Crippen LogP contribution in [0.2, 0.25) is 0 Å². The van der Waals surface area contributed by atoms with Crippen molar-refractivity contribution < 1.29 is 4.79 Å². The lowest BCUT2D eigenvalue weighted by molar-refractivity contribution is 0.102. The van der Waals surface area contributed by atoms with Crippen LogP contribution in [0.5, 0.6) is 0 Å². The van der Waals surface area contributed by atoms with Gasteiger partial charge < -0.3 is 5.32 Å². The predicted molar refractivity (Wildman–Crippen MR) is 70.6 cm³/mol. The molecule has 4 heteroatoms. The van der Waals surface area contributed by atoms with Crippen LogP contribution >= 0.6 is 0 Å². The molecule has 1 aromatic heterocycles. The summed E-state index contributed by atoms with van der Waals surface area (Å²) in [5, 5.41) is 2.85. The number of amides is 1. The van der Waals surface area contributed by atoms with Gasteiger partial charge in [-0.1, -0.05) is 17.7 Å². The Balaban J connectivity index is 2.21. The molecule has 1 aromatic carbocycles. The van der Waals surface area contributed by atoms with Gasteiger partial charge in [0.25, 0.3) is 5.91 Å². The number of anilines is 1. The number of carbonyl (C=O) groups excluding carboxylic acids is 1. The van der Waals surface area contributed by atoms with E-state index in [4.69, 9.17) is 0 Å². The Morgan fingerprint density at radius 3 is 2.61 bits per heavy atom. The minimum absolute atomic E-state index is 0.215. The average Bonchev–Trinajstić information content (AvgIpc) is 2.32. The maximum atomic E-state index is 12.0. The Morgan fingerprint density at radius 1 is 1.17 bits per heavy atom. The molecule has 0 saturated carbocycles. The van der Waals surface area contributed by atoms with E-state index in [1.165, 1.54) is 5.56 Å². The Bertz CT molecular complexity index is 593. The van der Waals surface area contributed by atoms with E-state index in [0.717, 1.165) is 11.3 Å². The summed E-state index contributed by atoms with van der Waals surface area (Å²) >= 11 is 0. The van der Waals surface area contributed by atoms with Gasteiger partial charge in [0.15, 0.2) is 0 Å². The molecule has 0 aliphatic heterocycles. The van der Waals surface area contributed by atoms with Crippen LogP contribution in [0.25, 0.3) is 0 Å². The smallest absolute Gasteiger partial charge is 0.274 e. The van der Waals surface area contributed by atoms with E-state index in [0.29, 0.717) is 11.5 Å². The van der Waals surface area contributed by atoms with E-state index in [2.05, 4.69) is 15.3 Å². The molecule has 0 fully saturated rings. The SMILES string of the molecule is Cc1ccc(NC(=O)c2ccnc(C)n2)c(C)c1. The zero-order valence-corrected chi connectivity index (χ0v) is 10.7. The molecule has 0 bridgehead atoms. The van der Waals surface area contributed by atoms with Crippen LogP contribution in [0.1, 0.15) is 27.4 Å². The molecule has 92 valence electrons. The third-order valence-electron chi connectivity index (χ3n) is 2.64. The first-order valence-electron chi connectivity index (χ1n) is 5.74. The Kier molecular flexibility index (Phi) is 3.37. The number of nitrogens with one attached hydrogen (secondary N) is 1. The van der Waals surface area contributed by atoms with Crippen LogP contribution in [0, 0.1) is 20.8 Å². The number of nitrogens with zero attached hydrogens (tertiary/aromatic N) is 2. The molecule has 0 atom stereocenters. The molecule has 0 aliphatic carbocycles. The second kappa shape index (κ2) is 4.96. The highest BCUT2D eigenvalue weighted by Crippen LogP contribution is 2.16. The highest BCUT2D eigenvalue weighted by atomic mass is 16.1. The molecule has 1 heterocycles. The summed E-state index contributed by atoms with van der Waals surface area (Å²) in [6.45, 7) is 5.74. The van der Waals surface area contributed by atoms with Crippen molar-refractivity contribution >= 4 is 11.6 Å². The number of hydrogen-bond acceptors (Lipinski definition) is 3. The molecule has 0 aliphatic rings. The van der Waals surface area contributed by atoms with Gasteiger partial charge in [-0.25, -0.2) is 9.97 Å². The van der Waals surface area contributed by atoms with Crippen LogP contribution in [-0.2, 0) is 0 Å². The molecule has 0 saturated heterocycles. The number of hydrogen-bond donors (Lipinski definition) is 1. The van der Waals surface area contributed by atoms with Crippen molar-refractivity contribution in [3.63, 3.8) is 0 Å². The molecular formula is C14H15N3O. The summed E-state index contributed by atoms with van der Waals surface area (Å²) in [6, 6.07) is 7.50. The Hall–Kier alpha value is -2.23. The molecule has 2 aromatic rings. The number of benzene rings is 1. The standard InChI is InChI=1S/C14H15N3O/c1-9-4-5-12(10(2)8-9)17-14(18)13-6-7-15-11(3)16-13/h4-8H,1-3H3,(H,17,18). The first-order chi connectivity index (χ1) is 8.56. The largest absolute Gasteiger partial charge is 0.320 e. The first kappa shape index (κ1) is 12.2. The van der Waals surface area contributed by atoms with Gasteiger partial charge in [0.2, 0.25) is 0 Å². The van der Waals surface area contributed by atoms with Crippen molar-refractivity contribution in [2.45, 2.75) is 20.8 Å². The van der Waals surface area contributed by atoms with Gasteiger partial charge >= 0.3 is 0 Å². The van der Waals surface area contributed by atoms with Gasteiger partial charge in [-0.15, -0.1) is 0 Å². The Labute approximate surface area is 106 Å². The summed E-state index contributed by atoms with van der Waals surface area (Å²) in [5.41, 5.74) is 3.39. The Morgan fingerprint density at radius 2 is 1.94 bits per heavy atom. The third kappa shape index (κ3) is 2.71. The molecule has 0 radical (unpaired) electrons. The van der Waals surface area contributed by atoms with Gasteiger partial charge in [0.1, 0.15) is 11.5 Å². The van der Waals surface area contributed by atoms with Crippen LogP contribution < -0.4 is 5.32 Å². The second-order valence-corrected chi connectivity index (χ2v) is 4.26. The van der Waals surface area contributed by atoms with E-state index < -0.39 is 0 Å². The van der Waals surface area contributed by atoms with Crippen molar-refractivity contribution in [1.29, 1.82) is 0 Å². The fourth-order valence-corrected chi connectivity index (χ4v) is 1.72. The van der Waals surface area contributed by atoms with E-state index in [9.17, 15) is 4.79 Å². The fraction of sp³-hybridized carbons (Fsp3) is 0.214. The normalized spacial score (nSPS) is 10.2. The third-order valence-corrected chi connectivity index (χ3v) is 2.64.